The quantitative estimate of drug-likeness (QED) is 0.669. The SMILES string of the molecule is CN1C(c2cnccn2)=Cc2cccc3cccc1c23. The van der Waals surface area contributed by atoms with Crippen LogP contribution in [-0.4, -0.2) is 17.0 Å². The maximum absolute atomic E-state index is 4.42. The van der Waals surface area contributed by atoms with Gasteiger partial charge < -0.3 is 4.90 Å². The minimum absolute atomic E-state index is 0.890. The minimum atomic E-state index is 0.890. The molecular formula is C17H13N3. The second-order valence-electron chi connectivity index (χ2n) is 4.90. The molecular weight excluding hydrogens is 246 g/mol. The van der Waals surface area contributed by atoms with Crippen molar-refractivity contribution < 1.29 is 0 Å². The molecule has 1 aliphatic rings. The van der Waals surface area contributed by atoms with Gasteiger partial charge in [0, 0.05) is 30.5 Å². The molecule has 3 nitrogen and oxygen atoms in total. The van der Waals surface area contributed by atoms with E-state index in [9.17, 15) is 0 Å². The van der Waals surface area contributed by atoms with Crippen molar-refractivity contribution in [1.82, 2.24) is 9.97 Å². The third kappa shape index (κ3) is 1.53. The van der Waals surface area contributed by atoms with E-state index in [1.165, 1.54) is 22.0 Å². The summed E-state index contributed by atoms with van der Waals surface area (Å²) in [5, 5.41) is 2.56. The highest BCUT2D eigenvalue weighted by atomic mass is 15.1. The third-order valence-corrected chi connectivity index (χ3v) is 3.76. The van der Waals surface area contributed by atoms with Crippen LogP contribution in [0.3, 0.4) is 0 Å². The average molecular weight is 259 g/mol. The predicted molar refractivity (Wildman–Crippen MR) is 82.3 cm³/mol. The second-order valence-corrected chi connectivity index (χ2v) is 4.90. The van der Waals surface area contributed by atoms with E-state index in [1.54, 1.807) is 18.6 Å². The third-order valence-electron chi connectivity index (χ3n) is 3.76. The van der Waals surface area contributed by atoms with Crippen molar-refractivity contribution in [2.75, 3.05) is 11.9 Å². The summed E-state index contributed by atoms with van der Waals surface area (Å²) >= 11 is 0. The van der Waals surface area contributed by atoms with E-state index in [-0.39, 0.29) is 0 Å². The molecule has 0 atom stereocenters. The van der Waals surface area contributed by atoms with Crippen molar-refractivity contribution >= 4 is 28.2 Å². The molecule has 2 heterocycles. The highest BCUT2D eigenvalue weighted by molar-refractivity contribution is 6.09. The van der Waals surface area contributed by atoms with Gasteiger partial charge in [-0.25, -0.2) is 0 Å². The molecule has 0 amide bonds. The highest BCUT2D eigenvalue weighted by Crippen LogP contribution is 2.38. The van der Waals surface area contributed by atoms with Gasteiger partial charge in [-0.1, -0.05) is 30.3 Å². The van der Waals surface area contributed by atoms with Gasteiger partial charge in [0.2, 0.25) is 0 Å². The number of benzene rings is 2. The summed E-state index contributed by atoms with van der Waals surface area (Å²) in [6.45, 7) is 0. The smallest absolute Gasteiger partial charge is 0.105 e. The number of nitrogens with zero attached hydrogens (tertiary/aromatic N) is 3. The Morgan fingerprint density at radius 1 is 1.00 bits per heavy atom. The van der Waals surface area contributed by atoms with Crippen LogP contribution in [0.5, 0.6) is 0 Å². The van der Waals surface area contributed by atoms with Crippen LogP contribution in [-0.2, 0) is 0 Å². The number of hydrogen-bond acceptors (Lipinski definition) is 3. The minimum Gasteiger partial charge on any atom is -0.342 e. The van der Waals surface area contributed by atoms with Gasteiger partial charge in [0.25, 0.3) is 0 Å². The summed E-state index contributed by atoms with van der Waals surface area (Å²) in [5.41, 5.74) is 4.41. The van der Waals surface area contributed by atoms with Crippen molar-refractivity contribution in [2.45, 2.75) is 0 Å². The Morgan fingerprint density at radius 2 is 1.85 bits per heavy atom. The zero-order valence-corrected chi connectivity index (χ0v) is 11.1. The van der Waals surface area contributed by atoms with E-state index < -0.39 is 0 Å². The maximum atomic E-state index is 4.42. The first-order valence-electron chi connectivity index (χ1n) is 6.58. The lowest BCUT2D eigenvalue weighted by molar-refractivity contribution is 1.12. The molecule has 0 fully saturated rings. The lowest BCUT2D eigenvalue weighted by atomic mass is 9.97. The predicted octanol–water partition coefficient (Wildman–Crippen LogP) is 3.58. The van der Waals surface area contributed by atoms with Crippen molar-refractivity contribution in [1.29, 1.82) is 0 Å². The van der Waals surface area contributed by atoms with E-state index in [0.29, 0.717) is 0 Å². The van der Waals surface area contributed by atoms with Crippen LogP contribution in [0.2, 0.25) is 0 Å². The summed E-state index contributed by atoms with van der Waals surface area (Å²) in [4.78, 5) is 10.8. The van der Waals surface area contributed by atoms with Crippen LogP contribution in [0, 0.1) is 0 Å². The Labute approximate surface area is 117 Å². The standard InChI is InChI=1S/C17H13N3/c1-20-15-7-3-5-12-4-2-6-13(17(12)15)10-16(20)14-11-18-8-9-19-14/h2-11H,1H3. The fraction of sp³-hybridized carbons (Fsp3) is 0.0588. The Bertz CT molecular complexity index is 817. The Morgan fingerprint density at radius 3 is 2.65 bits per heavy atom. The molecule has 0 N–H and O–H groups in total. The lowest BCUT2D eigenvalue weighted by Crippen LogP contribution is -2.19. The van der Waals surface area contributed by atoms with Gasteiger partial charge >= 0.3 is 0 Å². The summed E-state index contributed by atoms with van der Waals surface area (Å²) < 4.78 is 0. The van der Waals surface area contributed by atoms with Crippen LogP contribution in [0.1, 0.15) is 11.3 Å². The molecule has 1 aliphatic heterocycles. The molecule has 0 saturated heterocycles. The molecule has 1 aromatic heterocycles. The van der Waals surface area contributed by atoms with Crippen molar-refractivity contribution in [2.24, 2.45) is 0 Å². The van der Waals surface area contributed by atoms with Gasteiger partial charge in [0.05, 0.1) is 11.9 Å². The number of aromatic nitrogens is 2. The van der Waals surface area contributed by atoms with Crippen molar-refractivity contribution in [3.63, 3.8) is 0 Å². The molecule has 0 aliphatic carbocycles. The molecule has 20 heavy (non-hydrogen) atoms. The molecule has 4 rings (SSSR count). The first-order valence-corrected chi connectivity index (χ1v) is 6.58. The van der Waals surface area contributed by atoms with Crippen LogP contribution in [0.25, 0.3) is 22.5 Å². The van der Waals surface area contributed by atoms with Gasteiger partial charge in [-0.15, -0.1) is 0 Å². The highest BCUT2D eigenvalue weighted by Gasteiger charge is 2.19. The van der Waals surface area contributed by atoms with Gasteiger partial charge in [-0.3, -0.25) is 9.97 Å². The summed E-state index contributed by atoms with van der Waals surface area (Å²) in [5.74, 6) is 0. The lowest BCUT2D eigenvalue weighted by Gasteiger charge is -2.28. The van der Waals surface area contributed by atoms with Gasteiger partial charge in [-0.2, -0.15) is 0 Å². The fourth-order valence-corrected chi connectivity index (χ4v) is 2.80. The van der Waals surface area contributed by atoms with Gasteiger partial charge in [0.15, 0.2) is 0 Å². The Kier molecular flexibility index (Phi) is 2.33. The van der Waals surface area contributed by atoms with Crippen LogP contribution in [0.4, 0.5) is 5.69 Å². The molecule has 2 aromatic carbocycles. The van der Waals surface area contributed by atoms with Crippen molar-refractivity contribution in [3.05, 3.63) is 66.2 Å². The topological polar surface area (TPSA) is 29.0 Å². The summed E-state index contributed by atoms with van der Waals surface area (Å²) in [7, 11) is 2.07. The zero-order chi connectivity index (χ0) is 13.5. The molecule has 0 spiro atoms. The maximum Gasteiger partial charge on any atom is 0.105 e. The van der Waals surface area contributed by atoms with E-state index in [1.807, 2.05) is 0 Å². The van der Waals surface area contributed by atoms with Gasteiger partial charge in [-0.05, 0) is 23.1 Å². The first-order chi connectivity index (χ1) is 9.84. The van der Waals surface area contributed by atoms with Crippen molar-refractivity contribution in [3.8, 4) is 0 Å². The molecule has 0 radical (unpaired) electrons. The average Bonchev–Trinajstić information content (AvgIpc) is 2.52. The van der Waals surface area contributed by atoms with Crippen LogP contribution < -0.4 is 4.90 Å². The first kappa shape index (κ1) is 11.2. The van der Waals surface area contributed by atoms with Gasteiger partial charge in [0.1, 0.15) is 5.69 Å². The van der Waals surface area contributed by atoms with E-state index in [0.717, 1.165) is 11.4 Å². The molecule has 96 valence electrons. The largest absolute Gasteiger partial charge is 0.342 e. The van der Waals surface area contributed by atoms with E-state index in [4.69, 9.17) is 0 Å². The molecule has 3 heteroatoms. The fourth-order valence-electron chi connectivity index (χ4n) is 2.80. The molecule has 0 saturated carbocycles. The zero-order valence-electron chi connectivity index (χ0n) is 11.1. The Balaban J connectivity index is 2.02. The van der Waals surface area contributed by atoms with Crippen LogP contribution >= 0.6 is 0 Å². The van der Waals surface area contributed by atoms with E-state index >= 15 is 0 Å². The Hall–Kier alpha value is -2.68. The molecule has 0 unspecified atom stereocenters. The van der Waals surface area contributed by atoms with Crippen LogP contribution in [0.15, 0.2) is 55.0 Å². The van der Waals surface area contributed by atoms with E-state index in [2.05, 4.69) is 64.4 Å². The normalized spacial score (nSPS) is 13.4. The molecule has 3 aromatic rings. The number of anilines is 1. The summed E-state index contributed by atoms with van der Waals surface area (Å²) in [6, 6.07) is 12.8. The molecule has 0 bridgehead atoms. The monoisotopic (exact) mass is 259 g/mol. The summed E-state index contributed by atoms with van der Waals surface area (Å²) in [6.07, 6.45) is 7.41. The second kappa shape index (κ2) is 4.17. The number of hydrogen-bond donors (Lipinski definition) is 0. The number of rotatable bonds is 1.